The minimum Gasteiger partial charge on any atom is -0.322 e. The number of nitrogens with zero attached hydrogens (tertiary/aromatic N) is 1. The summed E-state index contributed by atoms with van der Waals surface area (Å²) in [5, 5.41) is 2.88. The van der Waals surface area contributed by atoms with E-state index in [9.17, 15) is 4.79 Å². The summed E-state index contributed by atoms with van der Waals surface area (Å²) in [6.07, 6.45) is 1.68. The molecule has 1 heterocycles. The van der Waals surface area contributed by atoms with Crippen LogP contribution in [0.4, 0.5) is 5.69 Å². The lowest BCUT2D eigenvalue weighted by Gasteiger charge is -2.18. The summed E-state index contributed by atoms with van der Waals surface area (Å²) in [6, 6.07) is 11.1. The molecule has 1 N–H and O–H groups in total. The molecular formula is C16H17BrN2O. The summed E-state index contributed by atoms with van der Waals surface area (Å²) in [5.74, 6) is -0.125. The summed E-state index contributed by atoms with van der Waals surface area (Å²) < 4.78 is 0.981. The molecule has 0 fully saturated rings. The maximum Gasteiger partial charge on any atom is 0.255 e. The van der Waals surface area contributed by atoms with Gasteiger partial charge in [-0.1, -0.05) is 36.7 Å². The molecule has 104 valence electrons. The van der Waals surface area contributed by atoms with Gasteiger partial charge >= 0.3 is 0 Å². The number of pyridine rings is 1. The minimum atomic E-state index is -0.125. The monoisotopic (exact) mass is 332 g/mol. The van der Waals surface area contributed by atoms with Crippen molar-refractivity contribution in [3.05, 3.63) is 58.3 Å². The van der Waals surface area contributed by atoms with Gasteiger partial charge in [-0.15, -0.1) is 0 Å². The lowest BCUT2D eigenvalue weighted by molar-refractivity contribution is 0.102. The van der Waals surface area contributed by atoms with Gasteiger partial charge in [0.15, 0.2) is 0 Å². The Hall–Kier alpha value is -1.68. The number of anilines is 1. The highest BCUT2D eigenvalue weighted by Gasteiger charge is 2.17. The fourth-order valence-electron chi connectivity index (χ4n) is 1.72. The second kappa shape index (κ2) is 5.75. The number of carbonyl (C=O) groups is 1. The number of hydrogen-bond donors (Lipinski definition) is 1. The highest BCUT2D eigenvalue weighted by molar-refractivity contribution is 9.10. The predicted octanol–water partition coefficient (Wildman–Crippen LogP) is 4.39. The molecule has 0 bridgehead atoms. The molecule has 0 radical (unpaired) electrons. The van der Waals surface area contributed by atoms with E-state index in [1.54, 1.807) is 12.3 Å². The van der Waals surface area contributed by atoms with E-state index in [1.807, 2.05) is 30.3 Å². The summed E-state index contributed by atoms with van der Waals surface area (Å²) in [7, 11) is 0. The van der Waals surface area contributed by atoms with Crippen LogP contribution in [0.25, 0.3) is 0 Å². The molecular weight excluding hydrogens is 316 g/mol. The molecule has 20 heavy (non-hydrogen) atoms. The topological polar surface area (TPSA) is 42.0 Å². The van der Waals surface area contributed by atoms with E-state index in [2.05, 4.69) is 47.0 Å². The average molecular weight is 333 g/mol. The molecule has 3 nitrogen and oxygen atoms in total. The number of rotatable bonds is 2. The Morgan fingerprint density at radius 3 is 2.40 bits per heavy atom. The summed E-state index contributed by atoms with van der Waals surface area (Å²) in [4.78, 5) is 16.6. The van der Waals surface area contributed by atoms with Crippen molar-refractivity contribution in [2.24, 2.45) is 0 Å². The van der Waals surface area contributed by atoms with Crippen LogP contribution in [0.2, 0.25) is 0 Å². The standard InChI is InChI=1S/C16H17BrN2O/c1-16(2,3)14-10-11(8-9-18-14)15(20)19-13-6-4-12(17)5-7-13/h4-10H,1-3H3,(H,19,20). The van der Waals surface area contributed by atoms with Crippen LogP contribution in [-0.2, 0) is 5.41 Å². The molecule has 0 unspecified atom stereocenters. The van der Waals surface area contributed by atoms with Crippen molar-refractivity contribution in [1.29, 1.82) is 0 Å². The first-order valence-electron chi connectivity index (χ1n) is 6.40. The molecule has 0 spiro atoms. The maximum absolute atomic E-state index is 12.2. The van der Waals surface area contributed by atoms with E-state index in [-0.39, 0.29) is 11.3 Å². The number of aromatic nitrogens is 1. The van der Waals surface area contributed by atoms with Gasteiger partial charge < -0.3 is 5.32 Å². The van der Waals surface area contributed by atoms with Gasteiger partial charge in [0, 0.05) is 33.0 Å². The van der Waals surface area contributed by atoms with Gasteiger partial charge in [-0.05, 0) is 36.4 Å². The highest BCUT2D eigenvalue weighted by Crippen LogP contribution is 2.21. The molecule has 0 aliphatic heterocycles. The Kier molecular flexibility index (Phi) is 4.23. The van der Waals surface area contributed by atoms with E-state index in [4.69, 9.17) is 0 Å². The molecule has 0 saturated heterocycles. The Bertz CT molecular complexity index is 615. The van der Waals surface area contributed by atoms with Crippen molar-refractivity contribution < 1.29 is 4.79 Å². The molecule has 2 rings (SSSR count). The third-order valence-corrected chi connectivity index (χ3v) is 3.42. The van der Waals surface area contributed by atoms with E-state index < -0.39 is 0 Å². The zero-order valence-corrected chi connectivity index (χ0v) is 13.4. The van der Waals surface area contributed by atoms with Crippen LogP contribution in [0.1, 0.15) is 36.8 Å². The number of nitrogens with one attached hydrogen (secondary N) is 1. The van der Waals surface area contributed by atoms with Crippen molar-refractivity contribution in [2.75, 3.05) is 5.32 Å². The van der Waals surface area contributed by atoms with E-state index >= 15 is 0 Å². The molecule has 0 aliphatic carbocycles. The van der Waals surface area contributed by atoms with Gasteiger partial charge in [-0.25, -0.2) is 0 Å². The number of halogens is 1. The molecule has 1 aromatic heterocycles. The molecule has 0 saturated carbocycles. The zero-order valence-electron chi connectivity index (χ0n) is 11.8. The number of hydrogen-bond acceptors (Lipinski definition) is 2. The largest absolute Gasteiger partial charge is 0.322 e. The first kappa shape index (κ1) is 14.7. The normalized spacial score (nSPS) is 11.2. The number of amides is 1. The predicted molar refractivity (Wildman–Crippen MR) is 85.0 cm³/mol. The van der Waals surface area contributed by atoms with Gasteiger partial charge in [-0.3, -0.25) is 9.78 Å². The first-order chi connectivity index (χ1) is 9.36. The smallest absolute Gasteiger partial charge is 0.255 e. The van der Waals surface area contributed by atoms with Gasteiger partial charge in [-0.2, -0.15) is 0 Å². The van der Waals surface area contributed by atoms with Gasteiger partial charge in [0.1, 0.15) is 0 Å². The van der Waals surface area contributed by atoms with Gasteiger partial charge in [0.05, 0.1) is 0 Å². The average Bonchev–Trinajstić information content (AvgIpc) is 2.40. The van der Waals surface area contributed by atoms with Crippen LogP contribution in [0.3, 0.4) is 0 Å². The Labute approximate surface area is 127 Å². The highest BCUT2D eigenvalue weighted by atomic mass is 79.9. The van der Waals surface area contributed by atoms with Crippen LogP contribution in [0.15, 0.2) is 47.1 Å². The second-order valence-corrected chi connectivity index (χ2v) is 6.56. The zero-order chi connectivity index (χ0) is 14.8. The second-order valence-electron chi connectivity index (χ2n) is 5.64. The van der Waals surface area contributed by atoms with Crippen molar-refractivity contribution in [2.45, 2.75) is 26.2 Å². The van der Waals surface area contributed by atoms with Crippen molar-refractivity contribution in [3.8, 4) is 0 Å². The van der Waals surface area contributed by atoms with Gasteiger partial charge in [0.25, 0.3) is 5.91 Å². The first-order valence-corrected chi connectivity index (χ1v) is 7.19. The minimum absolute atomic E-state index is 0.0755. The van der Waals surface area contributed by atoms with E-state index in [0.717, 1.165) is 15.9 Å². The lowest BCUT2D eigenvalue weighted by atomic mass is 9.91. The molecule has 1 aromatic carbocycles. The van der Waals surface area contributed by atoms with E-state index in [1.165, 1.54) is 0 Å². The lowest BCUT2D eigenvalue weighted by Crippen LogP contribution is -2.17. The third-order valence-electron chi connectivity index (χ3n) is 2.89. The van der Waals surface area contributed by atoms with Crippen LogP contribution >= 0.6 is 15.9 Å². The van der Waals surface area contributed by atoms with Crippen LogP contribution in [0, 0.1) is 0 Å². The molecule has 2 aromatic rings. The molecule has 0 atom stereocenters. The SMILES string of the molecule is CC(C)(C)c1cc(C(=O)Nc2ccc(Br)cc2)ccn1. The van der Waals surface area contributed by atoms with Gasteiger partial charge in [0.2, 0.25) is 0 Å². The van der Waals surface area contributed by atoms with Crippen LogP contribution in [0.5, 0.6) is 0 Å². The molecule has 0 aliphatic rings. The quantitative estimate of drug-likeness (QED) is 0.885. The summed E-state index contributed by atoms with van der Waals surface area (Å²) >= 11 is 3.37. The van der Waals surface area contributed by atoms with Crippen molar-refractivity contribution in [1.82, 2.24) is 4.98 Å². The van der Waals surface area contributed by atoms with Crippen LogP contribution in [-0.4, -0.2) is 10.9 Å². The van der Waals surface area contributed by atoms with Crippen LogP contribution < -0.4 is 5.32 Å². The molecule has 4 heteroatoms. The Balaban J connectivity index is 2.19. The number of carbonyl (C=O) groups excluding carboxylic acids is 1. The Morgan fingerprint density at radius 1 is 1.15 bits per heavy atom. The maximum atomic E-state index is 12.2. The number of benzene rings is 1. The van der Waals surface area contributed by atoms with Crippen molar-refractivity contribution in [3.63, 3.8) is 0 Å². The van der Waals surface area contributed by atoms with E-state index in [0.29, 0.717) is 5.56 Å². The molecule has 1 amide bonds. The Morgan fingerprint density at radius 2 is 1.80 bits per heavy atom. The fraction of sp³-hybridized carbons (Fsp3) is 0.250. The fourth-order valence-corrected chi connectivity index (χ4v) is 1.98. The van der Waals surface area contributed by atoms with Crippen molar-refractivity contribution >= 4 is 27.5 Å². The summed E-state index contributed by atoms with van der Waals surface area (Å²) in [5.41, 5.74) is 2.22. The third kappa shape index (κ3) is 3.67. The summed E-state index contributed by atoms with van der Waals surface area (Å²) in [6.45, 7) is 6.23.